The van der Waals surface area contributed by atoms with Gasteiger partial charge in [-0.05, 0) is 4.53 Å². The first-order valence-corrected chi connectivity index (χ1v) is 8.49. The van der Waals surface area contributed by atoms with Crippen molar-refractivity contribution in [3.63, 3.8) is 0 Å². The lowest BCUT2D eigenvalue weighted by Gasteiger charge is -2.42. The Hall–Kier alpha value is -0.903. The number of hydrogen-bond acceptors (Lipinski definition) is 3. The van der Waals surface area contributed by atoms with E-state index in [0.29, 0.717) is 0 Å². The molecule has 0 amide bonds. The smallest absolute Gasteiger partial charge is 0.248 e. The van der Waals surface area contributed by atoms with E-state index in [1.165, 1.54) is 0 Å². The lowest BCUT2D eigenvalue weighted by Crippen LogP contribution is -2.74. The standard InChI is InChI=1S/C6HF11O3SSi/c7-1-2(8)4(10,11)6(13,14)5(12,3(1)9)22(16,17)21(18,19)20-15/h2H. The fourth-order valence-electron chi connectivity index (χ4n) is 1.48. The van der Waals surface area contributed by atoms with Crippen LogP contribution < -0.4 is 0 Å². The highest BCUT2D eigenvalue weighted by Gasteiger charge is 2.92. The van der Waals surface area contributed by atoms with E-state index in [9.17, 15) is 56.3 Å². The van der Waals surface area contributed by atoms with E-state index in [1.54, 1.807) is 4.39 Å². The summed E-state index contributed by atoms with van der Waals surface area (Å²) in [7, 11) is -16.1. The summed E-state index contributed by atoms with van der Waals surface area (Å²) in [4.78, 5) is 0. The molecule has 0 aliphatic heterocycles. The molecule has 3 nitrogen and oxygen atoms in total. The van der Waals surface area contributed by atoms with E-state index in [2.05, 4.69) is 0 Å². The summed E-state index contributed by atoms with van der Waals surface area (Å²) < 4.78 is 165. The van der Waals surface area contributed by atoms with E-state index in [0.717, 1.165) is 0 Å². The van der Waals surface area contributed by atoms with Crippen LogP contribution in [0.15, 0.2) is 11.7 Å². The molecule has 0 heterocycles. The zero-order valence-corrected chi connectivity index (χ0v) is 11.2. The summed E-state index contributed by atoms with van der Waals surface area (Å²) >= 11 is 0. The second-order valence-electron chi connectivity index (χ2n) is 3.91. The molecule has 0 radical (unpaired) electrons. The van der Waals surface area contributed by atoms with Gasteiger partial charge in [-0.2, -0.15) is 26.0 Å². The Morgan fingerprint density at radius 3 is 1.82 bits per heavy atom. The second-order valence-corrected chi connectivity index (χ2v) is 9.71. The van der Waals surface area contributed by atoms with Crippen LogP contribution in [0.1, 0.15) is 0 Å². The number of alkyl halides is 6. The Labute approximate surface area is 114 Å². The van der Waals surface area contributed by atoms with Crippen LogP contribution in [0.4, 0.5) is 47.9 Å². The van der Waals surface area contributed by atoms with Gasteiger partial charge in [0.15, 0.2) is 11.7 Å². The van der Waals surface area contributed by atoms with Gasteiger partial charge in [-0.1, -0.05) is 4.39 Å². The molecule has 130 valence electrons. The molecule has 0 aromatic carbocycles. The molecule has 1 aliphatic carbocycles. The largest absolute Gasteiger partial charge is 0.634 e. The van der Waals surface area contributed by atoms with Crippen LogP contribution in [0, 0.1) is 0 Å². The minimum atomic E-state index is -8.87. The van der Waals surface area contributed by atoms with Crippen LogP contribution in [-0.4, -0.2) is 39.6 Å². The van der Waals surface area contributed by atoms with Crippen LogP contribution >= 0.6 is 0 Å². The summed E-state index contributed by atoms with van der Waals surface area (Å²) in [5.41, 5.74) is 0. The number of allylic oxidation sites excluding steroid dienone is 2. The average Bonchev–Trinajstić information content (AvgIpc) is 2.41. The number of hydrogen-bond donors (Lipinski definition) is 0. The summed E-state index contributed by atoms with van der Waals surface area (Å²) in [5.74, 6) is -21.5. The molecule has 2 unspecified atom stereocenters. The molecule has 0 fully saturated rings. The molecule has 1 rings (SSSR count). The molecule has 0 spiro atoms. The van der Waals surface area contributed by atoms with Crippen LogP contribution in [0.5, 0.6) is 0 Å². The maximum absolute atomic E-state index is 13.7. The lowest BCUT2D eigenvalue weighted by atomic mass is 9.93. The molecular weight excluding hydrogens is 389 g/mol. The maximum Gasteiger partial charge on any atom is 0.634 e. The molecule has 0 aromatic heterocycles. The summed E-state index contributed by atoms with van der Waals surface area (Å²) in [6.45, 7) is 0. The van der Waals surface area contributed by atoms with Crippen molar-refractivity contribution in [3.05, 3.63) is 11.7 Å². The minimum Gasteiger partial charge on any atom is -0.248 e. The predicted molar refractivity (Wildman–Crippen MR) is 47.0 cm³/mol. The van der Waals surface area contributed by atoms with Crippen molar-refractivity contribution >= 4 is 17.5 Å². The van der Waals surface area contributed by atoms with E-state index in [-0.39, 0.29) is 0 Å². The van der Waals surface area contributed by atoms with Crippen LogP contribution in [-0.2, 0) is 14.0 Å². The monoisotopic (exact) mass is 390 g/mol. The SMILES string of the molecule is O=S(=O)(OF)[Si](F)(F)C1(F)C(F)=C(F)C(F)C(F)(F)C1(F)F. The highest BCUT2D eigenvalue weighted by atomic mass is 32.4. The molecule has 16 heteroatoms. The third-order valence-corrected chi connectivity index (χ3v) is 7.75. The Morgan fingerprint density at radius 1 is 1.05 bits per heavy atom. The van der Waals surface area contributed by atoms with Crippen LogP contribution in [0.2, 0.25) is 0 Å². The van der Waals surface area contributed by atoms with Crippen molar-refractivity contribution < 1.29 is 60.7 Å². The van der Waals surface area contributed by atoms with Crippen molar-refractivity contribution in [1.82, 2.24) is 0 Å². The molecular formula is C6HF11O3SSi. The molecule has 0 N–H and O–H groups in total. The van der Waals surface area contributed by atoms with Gasteiger partial charge in [0.1, 0.15) is 0 Å². The molecule has 2 atom stereocenters. The second kappa shape index (κ2) is 4.79. The minimum absolute atomic E-state index is 1.55. The van der Waals surface area contributed by atoms with Crippen molar-refractivity contribution in [2.24, 2.45) is 0 Å². The highest BCUT2D eigenvalue weighted by Crippen LogP contribution is 2.61. The summed E-state index contributed by atoms with van der Waals surface area (Å²) in [6.07, 6.45) is -4.87. The van der Waals surface area contributed by atoms with Gasteiger partial charge in [0.2, 0.25) is 6.17 Å². The molecule has 0 saturated carbocycles. The third-order valence-electron chi connectivity index (χ3n) is 2.70. The van der Waals surface area contributed by atoms with Gasteiger partial charge < -0.3 is 0 Å². The normalized spacial score (nSPS) is 32.2. The van der Waals surface area contributed by atoms with Gasteiger partial charge in [-0.3, -0.25) is 0 Å². The first-order chi connectivity index (χ1) is 9.54. The van der Waals surface area contributed by atoms with E-state index >= 15 is 0 Å². The Morgan fingerprint density at radius 2 is 1.45 bits per heavy atom. The van der Waals surface area contributed by atoms with Crippen molar-refractivity contribution in [2.75, 3.05) is 0 Å². The maximum atomic E-state index is 13.7. The first kappa shape index (κ1) is 19.1. The third kappa shape index (κ3) is 1.85. The van der Waals surface area contributed by atoms with Crippen LogP contribution in [0.25, 0.3) is 0 Å². The van der Waals surface area contributed by atoms with Gasteiger partial charge in [0, 0.05) is 0 Å². The van der Waals surface area contributed by atoms with Gasteiger partial charge in [0.25, 0.3) is 5.29 Å². The average molecular weight is 390 g/mol. The lowest BCUT2D eigenvalue weighted by molar-refractivity contribution is -0.280. The molecule has 0 bridgehead atoms. The van der Waals surface area contributed by atoms with Crippen molar-refractivity contribution in [3.8, 4) is 0 Å². The molecule has 22 heavy (non-hydrogen) atoms. The zero-order valence-electron chi connectivity index (χ0n) is 9.37. The van der Waals surface area contributed by atoms with E-state index in [4.69, 9.17) is 0 Å². The van der Waals surface area contributed by atoms with Gasteiger partial charge in [-0.25, -0.2) is 25.8 Å². The number of rotatable bonds is 3. The van der Waals surface area contributed by atoms with Crippen molar-refractivity contribution in [2.45, 2.75) is 23.3 Å². The Balaban J connectivity index is 3.90. The van der Waals surface area contributed by atoms with Gasteiger partial charge >= 0.3 is 29.3 Å². The fourth-order valence-corrected chi connectivity index (χ4v) is 4.74. The quantitative estimate of drug-likeness (QED) is 0.423. The fraction of sp³-hybridized carbons (Fsp3) is 0.667. The van der Waals surface area contributed by atoms with Crippen molar-refractivity contribution in [1.29, 1.82) is 0 Å². The first-order valence-electron chi connectivity index (χ1n) is 4.60. The summed E-state index contributed by atoms with van der Waals surface area (Å²) in [5, 5.41) is -6.83. The topological polar surface area (TPSA) is 43.4 Å². The van der Waals surface area contributed by atoms with E-state index < -0.39 is 52.4 Å². The van der Waals surface area contributed by atoms with Gasteiger partial charge in [0.05, 0.1) is 0 Å². The molecule has 1 aliphatic rings. The summed E-state index contributed by atoms with van der Waals surface area (Å²) in [6, 6.07) is 0. The molecule has 0 saturated heterocycles. The number of halogens is 11. The van der Waals surface area contributed by atoms with Gasteiger partial charge in [-0.15, -0.1) is 0 Å². The van der Waals surface area contributed by atoms with E-state index in [1.807, 2.05) is 0 Å². The highest BCUT2D eigenvalue weighted by molar-refractivity contribution is 8.17. The van der Waals surface area contributed by atoms with Crippen LogP contribution in [0.3, 0.4) is 0 Å². The Bertz CT molecular complexity index is 615. The molecule has 0 aromatic rings. The zero-order chi connectivity index (χ0) is 17.9. The predicted octanol–water partition coefficient (Wildman–Crippen LogP) is 3.12. The Kier molecular flexibility index (Phi) is 4.17.